The van der Waals surface area contributed by atoms with Crippen LogP contribution in [0.15, 0.2) is 44.6 Å². The van der Waals surface area contributed by atoms with Crippen LogP contribution in [0.2, 0.25) is 0 Å². The highest BCUT2D eigenvalue weighted by atomic mass is 79.9. The molecule has 0 aromatic heterocycles. The van der Waals surface area contributed by atoms with Crippen LogP contribution in [0.1, 0.15) is 6.42 Å². The third kappa shape index (κ3) is 3.95. The number of nitrogens with one attached hydrogen (secondary N) is 1. The minimum absolute atomic E-state index is 0.0131. The molecule has 0 radical (unpaired) electrons. The lowest BCUT2D eigenvalue weighted by atomic mass is 10.3. The second kappa shape index (κ2) is 7.06. The van der Waals surface area contributed by atoms with E-state index in [-0.39, 0.29) is 31.2 Å². The number of rotatable bonds is 4. The van der Waals surface area contributed by atoms with Crippen molar-refractivity contribution >= 4 is 37.5 Å². The number of hydrogen-bond donors (Lipinski definition) is 1. The minimum Gasteiger partial charge on any atom is -0.491 e. The van der Waals surface area contributed by atoms with E-state index in [0.29, 0.717) is 10.6 Å². The molecule has 1 atom stereocenters. The van der Waals surface area contributed by atoms with Crippen LogP contribution < -0.4 is 10.1 Å². The van der Waals surface area contributed by atoms with E-state index < -0.39 is 15.6 Å². The summed E-state index contributed by atoms with van der Waals surface area (Å²) in [5, 5.41) is 2.48. The van der Waals surface area contributed by atoms with E-state index in [2.05, 4.69) is 32.2 Å². The summed E-state index contributed by atoms with van der Waals surface area (Å²) in [6, 6.07) is 5.13. The number of carbonyl (C=O) groups excluding carboxylic acids is 2. The molecule has 1 aliphatic heterocycles. The van der Waals surface area contributed by atoms with Gasteiger partial charge in [0.1, 0.15) is 12.4 Å². The Bertz CT molecular complexity index is 738. The minimum atomic E-state index is -2.84. The van der Waals surface area contributed by atoms with Gasteiger partial charge in [0.15, 0.2) is 0 Å². The Morgan fingerprint density at radius 2 is 2.27 bits per heavy atom. The first kappa shape index (κ1) is 16.7. The molecule has 0 saturated heterocycles. The number of amides is 2. The zero-order valence-electron chi connectivity index (χ0n) is 11.7. The highest BCUT2D eigenvalue weighted by Gasteiger charge is 2.24. The van der Waals surface area contributed by atoms with Crippen LogP contribution >= 0.6 is 15.9 Å². The van der Waals surface area contributed by atoms with Crippen LogP contribution in [-0.2, 0) is 19.3 Å². The van der Waals surface area contributed by atoms with Crippen molar-refractivity contribution in [1.29, 1.82) is 0 Å². The van der Waals surface area contributed by atoms with Crippen molar-refractivity contribution in [3.63, 3.8) is 0 Å². The van der Waals surface area contributed by atoms with E-state index in [9.17, 15) is 13.8 Å². The summed E-state index contributed by atoms with van der Waals surface area (Å²) in [5.41, 5.74) is 0. The summed E-state index contributed by atoms with van der Waals surface area (Å²) < 4.78 is 23.0. The first-order valence-electron chi connectivity index (χ1n) is 6.55. The molecule has 1 aromatic carbocycles. The van der Waals surface area contributed by atoms with Crippen LogP contribution in [0.3, 0.4) is 0 Å². The van der Waals surface area contributed by atoms with Crippen LogP contribution in [0.25, 0.3) is 0 Å². The number of ether oxygens (including phenoxy) is 1. The molecule has 0 saturated carbocycles. The highest BCUT2D eigenvalue weighted by Crippen LogP contribution is 2.32. The molecule has 0 spiro atoms. The molecule has 6 nitrogen and oxygen atoms in total. The molecule has 2 amide bonds. The summed E-state index contributed by atoms with van der Waals surface area (Å²) in [7, 11) is -2.84. The molecule has 118 valence electrons. The number of carbonyl (C=O) groups is 2. The van der Waals surface area contributed by atoms with Crippen molar-refractivity contribution in [2.24, 2.45) is 4.36 Å². The number of nitrogens with zero attached hydrogens (tertiary/aromatic N) is 1. The maximum absolute atomic E-state index is 13.0. The average Bonchev–Trinajstić information content (AvgIpc) is 2.48. The first-order valence-corrected chi connectivity index (χ1v) is 9.02. The van der Waals surface area contributed by atoms with Crippen molar-refractivity contribution < 1.29 is 18.5 Å². The summed E-state index contributed by atoms with van der Waals surface area (Å²) in [6.45, 7) is 3.69. The molecule has 0 bridgehead atoms. The van der Waals surface area contributed by atoms with E-state index in [0.717, 1.165) is 10.5 Å². The molecular formula is C14H15BrN2O4S. The lowest BCUT2D eigenvalue weighted by molar-refractivity contribution is -0.118. The summed E-state index contributed by atoms with van der Waals surface area (Å²) in [4.78, 5) is 23.3. The van der Waals surface area contributed by atoms with Crippen LogP contribution in [0.5, 0.6) is 5.75 Å². The van der Waals surface area contributed by atoms with Gasteiger partial charge in [-0.1, -0.05) is 22.5 Å². The van der Waals surface area contributed by atoms with Crippen LogP contribution in [0.4, 0.5) is 0 Å². The van der Waals surface area contributed by atoms with E-state index in [4.69, 9.17) is 4.74 Å². The van der Waals surface area contributed by atoms with Gasteiger partial charge >= 0.3 is 0 Å². The third-order valence-electron chi connectivity index (χ3n) is 2.94. The molecule has 2 rings (SSSR count). The van der Waals surface area contributed by atoms with Gasteiger partial charge in [0.2, 0.25) is 5.91 Å². The van der Waals surface area contributed by atoms with Gasteiger partial charge in [-0.25, -0.2) is 4.21 Å². The maximum Gasteiger partial charge on any atom is 0.255 e. The molecule has 1 unspecified atom stereocenters. The van der Waals surface area contributed by atoms with Gasteiger partial charge in [0.25, 0.3) is 5.91 Å². The normalized spacial score (nSPS) is 19.5. The van der Waals surface area contributed by atoms with Gasteiger partial charge < -0.3 is 10.1 Å². The number of halogens is 1. The molecule has 1 aromatic rings. The predicted octanol–water partition coefficient (Wildman–Crippen LogP) is 1.89. The fraction of sp³-hybridized carbons (Fsp3) is 0.286. The van der Waals surface area contributed by atoms with Gasteiger partial charge in [-0.2, -0.15) is 4.36 Å². The molecule has 22 heavy (non-hydrogen) atoms. The summed E-state index contributed by atoms with van der Waals surface area (Å²) >= 11 is 3.31. The van der Waals surface area contributed by atoms with Gasteiger partial charge in [0.05, 0.1) is 20.4 Å². The van der Waals surface area contributed by atoms with Gasteiger partial charge in [-0.3, -0.25) is 9.59 Å². The number of fused-ring (bicyclic) bond motifs is 1. The predicted molar refractivity (Wildman–Crippen MR) is 86.2 cm³/mol. The fourth-order valence-corrected chi connectivity index (χ4v) is 4.30. The van der Waals surface area contributed by atoms with Crippen molar-refractivity contribution in [3.05, 3.63) is 35.3 Å². The van der Waals surface area contributed by atoms with Crippen LogP contribution in [0, 0.1) is 0 Å². The summed E-state index contributed by atoms with van der Waals surface area (Å²) in [5.74, 6) is -0.225. The monoisotopic (exact) mass is 386 g/mol. The smallest absolute Gasteiger partial charge is 0.255 e. The van der Waals surface area contributed by atoms with E-state index in [1.165, 1.54) is 0 Å². The summed E-state index contributed by atoms with van der Waals surface area (Å²) in [6.07, 6.45) is 1.11. The largest absolute Gasteiger partial charge is 0.491 e. The molecular weight excluding hydrogens is 372 g/mol. The average molecular weight is 387 g/mol. The van der Waals surface area contributed by atoms with Crippen molar-refractivity contribution in [2.45, 2.75) is 11.3 Å². The molecule has 0 fully saturated rings. The standard InChI is InChI=1S/C14H15BrN2O4S/c1-2-13(18)16-6-5-14(19)17-22(20)8-7-21-11-4-3-10(15)9-12(11)22/h2-4,9H,1,5-8H2,(H,16,18). The quantitative estimate of drug-likeness (QED) is 0.800. The first-order chi connectivity index (χ1) is 10.4. The van der Waals surface area contributed by atoms with Gasteiger partial charge in [-0.05, 0) is 24.3 Å². The van der Waals surface area contributed by atoms with Crippen molar-refractivity contribution in [1.82, 2.24) is 5.32 Å². The second-order valence-electron chi connectivity index (χ2n) is 4.51. The molecule has 1 N–H and O–H groups in total. The van der Waals surface area contributed by atoms with Crippen LogP contribution in [-0.4, -0.2) is 34.9 Å². The third-order valence-corrected chi connectivity index (χ3v) is 5.66. The van der Waals surface area contributed by atoms with Gasteiger partial charge in [0, 0.05) is 17.4 Å². The zero-order chi connectivity index (χ0) is 16.2. The fourth-order valence-electron chi connectivity index (χ4n) is 1.89. The molecule has 1 heterocycles. The maximum atomic E-state index is 13.0. The highest BCUT2D eigenvalue weighted by molar-refractivity contribution is 9.10. The zero-order valence-corrected chi connectivity index (χ0v) is 14.1. The number of hydrogen-bond acceptors (Lipinski definition) is 4. The second-order valence-corrected chi connectivity index (χ2v) is 7.74. The lowest BCUT2D eigenvalue weighted by Crippen LogP contribution is -2.25. The Morgan fingerprint density at radius 1 is 1.50 bits per heavy atom. The Labute approximate surface area is 137 Å². The van der Waals surface area contributed by atoms with Crippen molar-refractivity contribution in [2.75, 3.05) is 18.9 Å². The molecule has 8 heteroatoms. The number of benzene rings is 1. The van der Waals surface area contributed by atoms with Gasteiger partial charge in [-0.15, -0.1) is 0 Å². The Kier molecular flexibility index (Phi) is 5.36. The van der Waals surface area contributed by atoms with Crippen molar-refractivity contribution in [3.8, 4) is 5.75 Å². The SMILES string of the molecule is C=CC(=O)NCCC(=O)N=S1(=O)CCOc2ccc(Br)cc21. The molecule has 1 aliphatic rings. The van der Waals surface area contributed by atoms with E-state index in [1.807, 2.05) is 0 Å². The molecule has 0 aliphatic carbocycles. The lowest BCUT2D eigenvalue weighted by Gasteiger charge is -2.20. The Morgan fingerprint density at radius 3 is 3.00 bits per heavy atom. The topological polar surface area (TPSA) is 84.8 Å². The Balaban J connectivity index is 2.19. The Hall–Kier alpha value is -1.67. The van der Waals surface area contributed by atoms with E-state index >= 15 is 0 Å². The van der Waals surface area contributed by atoms with E-state index in [1.54, 1.807) is 18.2 Å².